The van der Waals surface area contributed by atoms with E-state index in [4.69, 9.17) is 0 Å². The SMILES string of the molecule is CCNC(=NS(=O)(=O)C=Cc1ccccc1)N1CC(CC)C=N1. The van der Waals surface area contributed by atoms with E-state index in [2.05, 4.69) is 21.7 Å². The van der Waals surface area contributed by atoms with Crippen molar-refractivity contribution in [2.24, 2.45) is 15.4 Å². The van der Waals surface area contributed by atoms with Gasteiger partial charge >= 0.3 is 0 Å². The molecule has 1 atom stereocenters. The molecule has 1 aromatic rings. The van der Waals surface area contributed by atoms with Crippen LogP contribution in [0.2, 0.25) is 0 Å². The predicted molar refractivity (Wildman–Crippen MR) is 94.5 cm³/mol. The molecule has 0 aromatic heterocycles. The molecule has 6 nitrogen and oxygen atoms in total. The molecular formula is C16H22N4O2S. The van der Waals surface area contributed by atoms with E-state index < -0.39 is 10.0 Å². The molecular weight excluding hydrogens is 312 g/mol. The summed E-state index contributed by atoms with van der Waals surface area (Å²) in [6, 6.07) is 9.24. The van der Waals surface area contributed by atoms with Crippen LogP contribution >= 0.6 is 0 Å². The molecule has 1 unspecified atom stereocenters. The predicted octanol–water partition coefficient (Wildman–Crippen LogP) is 2.28. The fourth-order valence-corrected chi connectivity index (χ4v) is 2.87. The van der Waals surface area contributed by atoms with Gasteiger partial charge in [0.15, 0.2) is 0 Å². The third kappa shape index (κ3) is 5.21. The number of hydrazone groups is 1. The van der Waals surface area contributed by atoms with E-state index in [1.165, 1.54) is 6.08 Å². The van der Waals surface area contributed by atoms with Crippen molar-refractivity contribution in [2.45, 2.75) is 20.3 Å². The summed E-state index contributed by atoms with van der Waals surface area (Å²) in [5, 5.41) is 9.92. The Morgan fingerprint density at radius 1 is 1.39 bits per heavy atom. The molecule has 23 heavy (non-hydrogen) atoms. The minimum Gasteiger partial charge on any atom is -0.354 e. The zero-order chi connectivity index (χ0) is 16.7. The highest BCUT2D eigenvalue weighted by Gasteiger charge is 2.21. The van der Waals surface area contributed by atoms with Crippen LogP contribution in [0.1, 0.15) is 25.8 Å². The van der Waals surface area contributed by atoms with E-state index in [9.17, 15) is 8.42 Å². The molecule has 0 aliphatic carbocycles. The molecule has 0 bridgehead atoms. The first-order chi connectivity index (χ1) is 11.0. The first-order valence-electron chi connectivity index (χ1n) is 7.67. The van der Waals surface area contributed by atoms with E-state index in [1.54, 1.807) is 5.01 Å². The Morgan fingerprint density at radius 3 is 2.74 bits per heavy atom. The minimum absolute atomic E-state index is 0.261. The monoisotopic (exact) mass is 334 g/mol. The van der Waals surface area contributed by atoms with Gasteiger partial charge in [0.05, 0.1) is 12.0 Å². The lowest BCUT2D eigenvalue weighted by Crippen LogP contribution is -2.38. The first kappa shape index (κ1) is 17.2. The smallest absolute Gasteiger partial charge is 0.278 e. The number of benzene rings is 1. The van der Waals surface area contributed by atoms with E-state index in [0.717, 1.165) is 17.4 Å². The van der Waals surface area contributed by atoms with Crippen LogP contribution in [0.4, 0.5) is 0 Å². The summed E-state index contributed by atoms with van der Waals surface area (Å²) in [5.74, 6) is 0.582. The normalized spacial score (nSPS) is 18.8. The van der Waals surface area contributed by atoms with Crippen molar-refractivity contribution in [3.05, 3.63) is 41.3 Å². The maximum Gasteiger partial charge on any atom is 0.278 e. The molecule has 1 N–H and O–H groups in total. The molecule has 7 heteroatoms. The zero-order valence-corrected chi connectivity index (χ0v) is 14.2. The molecule has 0 fully saturated rings. The van der Waals surface area contributed by atoms with Gasteiger partial charge in [0.2, 0.25) is 5.96 Å². The summed E-state index contributed by atoms with van der Waals surface area (Å²) in [5.41, 5.74) is 0.807. The van der Waals surface area contributed by atoms with E-state index in [0.29, 0.717) is 19.0 Å². The van der Waals surface area contributed by atoms with E-state index >= 15 is 0 Å². The topological polar surface area (TPSA) is 74.1 Å². The van der Waals surface area contributed by atoms with Gasteiger partial charge in [-0.2, -0.15) is 13.5 Å². The number of sulfonamides is 1. The number of rotatable bonds is 5. The maximum atomic E-state index is 12.2. The molecule has 0 amide bonds. The number of hydrogen-bond acceptors (Lipinski definition) is 3. The lowest BCUT2D eigenvalue weighted by Gasteiger charge is -2.17. The fraction of sp³-hybridized carbons (Fsp3) is 0.375. The Labute approximate surface area is 137 Å². The Kier molecular flexibility index (Phi) is 5.92. The van der Waals surface area contributed by atoms with Crippen LogP contribution in [0.3, 0.4) is 0 Å². The van der Waals surface area contributed by atoms with Gasteiger partial charge in [-0.15, -0.1) is 4.40 Å². The molecule has 124 valence electrons. The van der Waals surface area contributed by atoms with Crippen LogP contribution in [-0.2, 0) is 10.0 Å². The highest BCUT2D eigenvalue weighted by molar-refractivity contribution is 7.93. The van der Waals surface area contributed by atoms with Crippen molar-refractivity contribution in [1.29, 1.82) is 0 Å². The van der Waals surface area contributed by atoms with Crippen molar-refractivity contribution < 1.29 is 8.42 Å². The number of nitrogens with zero attached hydrogens (tertiary/aromatic N) is 3. The summed E-state index contributed by atoms with van der Waals surface area (Å²) in [6.45, 7) is 5.17. The molecule has 1 aliphatic rings. The van der Waals surface area contributed by atoms with Crippen LogP contribution in [0.15, 0.2) is 45.2 Å². The number of hydrogen-bond donors (Lipinski definition) is 1. The largest absolute Gasteiger partial charge is 0.354 e. The van der Waals surface area contributed by atoms with Crippen LogP contribution in [0.5, 0.6) is 0 Å². The molecule has 2 rings (SSSR count). The quantitative estimate of drug-likeness (QED) is 0.662. The molecule has 1 aliphatic heterocycles. The highest BCUT2D eigenvalue weighted by atomic mass is 32.2. The standard InChI is InChI=1S/C16H22N4O2S/c1-3-14-12-18-20(13-14)16(17-4-2)19-23(21,22)11-10-15-8-6-5-7-9-15/h5-12,14H,3-4,13H2,1-2H3,(H,17,19). The Morgan fingerprint density at radius 2 is 2.13 bits per heavy atom. The lowest BCUT2D eigenvalue weighted by atomic mass is 10.1. The van der Waals surface area contributed by atoms with Gasteiger partial charge in [-0.1, -0.05) is 37.3 Å². The second-order valence-corrected chi connectivity index (χ2v) is 6.67. The van der Waals surface area contributed by atoms with Crippen LogP contribution < -0.4 is 5.32 Å². The van der Waals surface area contributed by atoms with Gasteiger partial charge in [0.1, 0.15) is 0 Å². The highest BCUT2D eigenvalue weighted by Crippen LogP contribution is 2.12. The van der Waals surface area contributed by atoms with Crippen LogP contribution in [0, 0.1) is 5.92 Å². The van der Waals surface area contributed by atoms with E-state index in [-0.39, 0.29) is 5.96 Å². The second kappa shape index (κ2) is 7.92. The summed E-state index contributed by atoms with van der Waals surface area (Å²) in [4.78, 5) is 0. The molecule has 1 aromatic carbocycles. The Balaban J connectivity index is 2.17. The van der Waals surface area contributed by atoms with Gasteiger partial charge in [-0.3, -0.25) is 0 Å². The summed E-state index contributed by atoms with van der Waals surface area (Å²) < 4.78 is 28.3. The summed E-state index contributed by atoms with van der Waals surface area (Å²) >= 11 is 0. The second-order valence-electron chi connectivity index (χ2n) is 5.19. The third-order valence-corrected chi connectivity index (χ3v) is 4.28. The molecule has 0 spiro atoms. The fourth-order valence-electron chi connectivity index (χ4n) is 2.08. The average Bonchev–Trinajstić information content (AvgIpc) is 3.03. The lowest BCUT2D eigenvalue weighted by molar-refractivity contribution is 0.426. The minimum atomic E-state index is -3.73. The van der Waals surface area contributed by atoms with E-state index in [1.807, 2.05) is 43.5 Å². The Hall–Kier alpha value is -2.15. The third-order valence-electron chi connectivity index (χ3n) is 3.37. The number of nitrogens with one attached hydrogen (secondary N) is 1. The van der Waals surface area contributed by atoms with Gasteiger partial charge in [0.25, 0.3) is 10.0 Å². The number of guanidine groups is 1. The molecule has 0 saturated heterocycles. The van der Waals surface area contributed by atoms with Crippen molar-refractivity contribution in [1.82, 2.24) is 10.3 Å². The van der Waals surface area contributed by atoms with Gasteiger partial charge in [0, 0.05) is 18.7 Å². The maximum absolute atomic E-state index is 12.2. The summed E-state index contributed by atoms with van der Waals surface area (Å²) in [7, 11) is -3.73. The van der Waals surface area contributed by atoms with Crippen molar-refractivity contribution in [2.75, 3.05) is 13.1 Å². The van der Waals surface area contributed by atoms with Crippen LogP contribution in [0.25, 0.3) is 6.08 Å². The molecule has 0 radical (unpaired) electrons. The Bertz CT molecular complexity index is 696. The van der Waals surface area contributed by atoms with Gasteiger partial charge in [-0.05, 0) is 25.0 Å². The van der Waals surface area contributed by atoms with Crippen molar-refractivity contribution >= 4 is 28.3 Å². The van der Waals surface area contributed by atoms with Crippen molar-refractivity contribution in [3.8, 4) is 0 Å². The zero-order valence-electron chi connectivity index (χ0n) is 13.4. The van der Waals surface area contributed by atoms with Gasteiger partial charge < -0.3 is 5.32 Å². The average molecular weight is 334 g/mol. The summed E-state index contributed by atoms with van der Waals surface area (Å²) in [6.07, 6.45) is 4.32. The van der Waals surface area contributed by atoms with Crippen LogP contribution in [-0.4, -0.2) is 38.7 Å². The van der Waals surface area contributed by atoms with Gasteiger partial charge in [-0.25, -0.2) is 5.01 Å². The first-order valence-corrected chi connectivity index (χ1v) is 9.18. The molecule has 0 saturated carbocycles. The molecule has 1 heterocycles. The van der Waals surface area contributed by atoms with Crippen molar-refractivity contribution in [3.63, 3.8) is 0 Å².